The number of H-pyrrole nitrogens is 1. The number of aromatic amines is 1. The van der Waals surface area contributed by atoms with E-state index in [9.17, 15) is 4.79 Å². The normalized spacial score (nSPS) is 23.8. The number of rotatable bonds is 5. The van der Waals surface area contributed by atoms with Crippen molar-refractivity contribution in [3.8, 4) is 0 Å². The zero-order valence-electron chi connectivity index (χ0n) is 10.9. The van der Waals surface area contributed by atoms with Crippen molar-refractivity contribution in [1.29, 1.82) is 0 Å². The SMILES string of the molecule is COC(=O)C1CCC(NCCc2cc[nH]c2)CC1. The van der Waals surface area contributed by atoms with E-state index >= 15 is 0 Å². The van der Waals surface area contributed by atoms with Gasteiger partial charge in [0.2, 0.25) is 0 Å². The van der Waals surface area contributed by atoms with Crippen molar-refractivity contribution in [1.82, 2.24) is 10.3 Å². The molecule has 0 amide bonds. The van der Waals surface area contributed by atoms with Crippen molar-refractivity contribution in [2.75, 3.05) is 13.7 Å². The zero-order valence-corrected chi connectivity index (χ0v) is 10.9. The Labute approximate surface area is 108 Å². The molecule has 4 nitrogen and oxygen atoms in total. The Kier molecular flexibility index (Phi) is 4.81. The second-order valence-corrected chi connectivity index (χ2v) is 5.00. The first-order valence-electron chi connectivity index (χ1n) is 6.72. The molecule has 0 saturated heterocycles. The van der Waals surface area contributed by atoms with Crippen LogP contribution in [0.15, 0.2) is 18.5 Å². The van der Waals surface area contributed by atoms with E-state index in [1.807, 2.05) is 12.4 Å². The molecule has 0 bridgehead atoms. The molecule has 0 spiro atoms. The monoisotopic (exact) mass is 250 g/mol. The summed E-state index contributed by atoms with van der Waals surface area (Å²) in [5, 5.41) is 3.57. The predicted molar refractivity (Wildman–Crippen MR) is 70.3 cm³/mol. The van der Waals surface area contributed by atoms with Crippen molar-refractivity contribution in [3.63, 3.8) is 0 Å². The van der Waals surface area contributed by atoms with Crippen LogP contribution < -0.4 is 5.32 Å². The van der Waals surface area contributed by atoms with Gasteiger partial charge in [0, 0.05) is 18.4 Å². The molecule has 0 atom stereocenters. The number of hydrogen-bond donors (Lipinski definition) is 2. The maximum absolute atomic E-state index is 11.4. The third-order valence-corrected chi connectivity index (χ3v) is 3.77. The standard InChI is InChI=1S/C14H22N2O2/c1-18-14(17)12-2-4-13(5-3-12)16-9-7-11-6-8-15-10-11/h6,8,10,12-13,15-16H,2-5,7,9H2,1H3. The number of esters is 1. The molecule has 18 heavy (non-hydrogen) atoms. The molecule has 1 heterocycles. The number of ether oxygens (including phenoxy) is 1. The van der Waals surface area contributed by atoms with Crippen LogP contribution in [0.1, 0.15) is 31.2 Å². The maximum Gasteiger partial charge on any atom is 0.308 e. The molecule has 2 rings (SSSR count). The summed E-state index contributed by atoms with van der Waals surface area (Å²) in [6.45, 7) is 1.01. The van der Waals surface area contributed by atoms with Gasteiger partial charge in [-0.25, -0.2) is 0 Å². The highest BCUT2D eigenvalue weighted by molar-refractivity contribution is 5.72. The lowest BCUT2D eigenvalue weighted by Crippen LogP contribution is -2.36. The van der Waals surface area contributed by atoms with Gasteiger partial charge < -0.3 is 15.0 Å². The van der Waals surface area contributed by atoms with Crippen molar-refractivity contribution in [3.05, 3.63) is 24.0 Å². The predicted octanol–water partition coefficient (Wildman–Crippen LogP) is 1.88. The lowest BCUT2D eigenvalue weighted by atomic mass is 9.86. The van der Waals surface area contributed by atoms with Gasteiger partial charge in [-0.3, -0.25) is 4.79 Å². The van der Waals surface area contributed by atoms with E-state index in [2.05, 4.69) is 16.4 Å². The highest BCUT2D eigenvalue weighted by Crippen LogP contribution is 2.25. The summed E-state index contributed by atoms with van der Waals surface area (Å²) in [4.78, 5) is 14.5. The van der Waals surface area contributed by atoms with Crippen LogP contribution >= 0.6 is 0 Å². The Bertz CT molecular complexity index is 354. The molecule has 100 valence electrons. The fourth-order valence-electron chi connectivity index (χ4n) is 2.63. The van der Waals surface area contributed by atoms with Crippen molar-refractivity contribution < 1.29 is 9.53 Å². The lowest BCUT2D eigenvalue weighted by molar-refractivity contribution is -0.146. The van der Waals surface area contributed by atoms with Gasteiger partial charge >= 0.3 is 5.97 Å². The van der Waals surface area contributed by atoms with Gasteiger partial charge in [0.05, 0.1) is 13.0 Å². The first-order chi connectivity index (χ1) is 8.79. The van der Waals surface area contributed by atoms with E-state index in [4.69, 9.17) is 4.74 Å². The Morgan fingerprint density at radius 1 is 1.44 bits per heavy atom. The number of aromatic nitrogens is 1. The summed E-state index contributed by atoms with van der Waals surface area (Å²) in [6, 6.07) is 2.67. The van der Waals surface area contributed by atoms with Crippen LogP contribution in [0, 0.1) is 5.92 Å². The van der Waals surface area contributed by atoms with Crippen LogP contribution in [0.3, 0.4) is 0 Å². The third-order valence-electron chi connectivity index (χ3n) is 3.77. The van der Waals surface area contributed by atoms with Crippen molar-refractivity contribution in [2.45, 2.75) is 38.1 Å². The molecule has 0 radical (unpaired) electrons. The Morgan fingerprint density at radius 3 is 2.83 bits per heavy atom. The minimum atomic E-state index is -0.0410. The summed E-state index contributed by atoms with van der Waals surface area (Å²) in [5.74, 6) is 0.0819. The second-order valence-electron chi connectivity index (χ2n) is 5.00. The van der Waals surface area contributed by atoms with E-state index in [1.165, 1.54) is 12.7 Å². The Balaban J connectivity index is 1.63. The molecule has 1 saturated carbocycles. The average molecular weight is 250 g/mol. The molecule has 0 aliphatic heterocycles. The van der Waals surface area contributed by atoms with Gasteiger partial charge in [0.15, 0.2) is 0 Å². The molecule has 4 heteroatoms. The fourth-order valence-corrected chi connectivity index (χ4v) is 2.63. The Morgan fingerprint density at radius 2 is 2.22 bits per heavy atom. The highest BCUT2D eigenvalue weighted by atomic mass is 16.5. The number of hydrogen-bond acceptors (Lipinski definition) is 3. The molecule has 2 N–H and O–H groups in total. The van der Waals surface area contributed by atoms with Crippen LogP contribution in [-0.2, 0) is 16.0 Å². The minimum absolute atomic E-state index is 0.0410. The van der Waals surface area contributed by atoms with Gasteiger partial charge in [0.1, 0.15) is 0 Å². The van der Waals surface area contributed by atoms with Gasteiger partial charge in [-0.15, -0.1) is 0 Å². The van der Waals surface area contributed by atoms with Gasteiger partial charge in [-0.05, 0) is 50.3 Å². The van der Waals surface area contributed by atoms with Crippen LogP contribution in [0.4, 0.5) is 0 Å². The quantitative estimate of drug-likeness (QED) is 0.785. The largest absolute Gasteiger partial charge is 0.469 e. The van der Waals surface area contributed by atoms with E-state index in [1.54, 1.807) is 0 Å². The summed E-state index contributed by atoms with van der Waals surface area (Å²) in [7, 11) is 1.48. The number of nitrogens with one attached hydrogen (secondary N) is 2. The first-order valence-corrected chi connectivity index (χ1v) is 6.72. The molecular formula is C14H22N2O2. The van der Waals surface area contributed by atoms with Gasteiger partial charge in [-0.2, -0.15) is 0 Å². The van der Waals surface area contributed by atoms with E-state index < -0.39 is 0 Å². The van der Waals surface area contributed by atoms with E-state index in [0.717, 1.165) is 38.6 Å². The lowest BCUT2D eigenvalue weighted by Gasteiger charge is -2.27. The molecular weight excluding hydrogens is 228 g/mol. The van der Waals surface area contributed by atoms with E-state index in [-0.39, 0.29) is 11.9 Å². The number of carbonyl (C=O) groups excluding carboxylic acids is 1. The smallest absolute Gasteiger partial charge is 0.308 e. The van der Waals surface area contributed by atoms with Crippen LogP contribution in [0.25, 0.3) is 0 Å². The van der Waals surface area contributed by atoms with Gasteiger partial charge in [-0.1, -0.05) is 0 Å². The van der Waals surface area contributed by atoms with E-state index in [0.29, 0.717) is 6.04 Å². The van der Waals surface area contributed by atoms with Crippen molar-refractivity contribution in [2.24, 2.45) is 5.92 Å². The molecule has 1 aromatic heterocycles. The first kappa shape index (κ1) is 13.1. The summed E-state index contributed by atoms with van der Waals surface area (Å²) in [6.07, 6.45) is 9.11. The molecule has 0 aromatic carbocycles. The third kappa shape index (κ3) is 3.60. The van der Waals surface area contributed by atoms with Crippen LogP contribution in [0.2, 0.25) is 0 Å². The molecule has 1 aliphatic rings. The number of carbonyl (C=O) groups is 1. The molecule has 1 fully saturated rings. The van der Waals surface area contributed by atoms with Gasteiger partial charge in [0.25, 0.3) is 0 Å². The van der Waals surface area contributed by atoms with Crippen LogP contribution in [0.5, 0.6) is 0 Å². The summed E-state index contributed by atoms with van der Waals surface area (Å²) >= 11 is 0. The molecule has 1 aliphatic carbocycles. The molecule has 1 aromatic rings. The second kappa shape index (κ2) is 6.59. The minimum Gasteiger partial charge on any atom is -0.469 e. The highest BCUT2D eigenvalue weighted by Gasteiger charge is 2.26. The molecule has 0 unspecified atom stereocenters. The fraction of sp³-hybridized carbons (Fsp3) is 0.643. The summed E-state index contributed by atoms with van der Waals surface area (Å²) < 4.78 is 4.79. The zero-order chi connectivity index (χ0) is 12.8. The Hall–Kier alpha value is -1.29. The number of methoxy groups -OCH3 is 1. The van der Waals surface area contributed by atoms with Crippen molar-refractivity contribution >= 4 is 5.97 Å². The topological polar surface area (TPSA) is 54.1 Å². The maximum atomic E-state index is 11.4. The van der Waals surface area contributed by atoms with Crippen LogP contribution in [-0.4, -0.2) is 30.6 Å². The average Bonchev–Trinajstić information content (AvgIpc) is 2.92. The summed E-state index contributed by atoms with van der Waals surface area (Å²) in [5.41, 5.74) is 1.34.